The van der Waals surface area contributed by atoms with Crippen molar-refractivity contribution in [2.45, 2.75) is 48.5 Å². The van der Waals surface area contributed by atoms with Crippen LogP contribution in [0, 0.1) is 26.7 Å². The minimum atomic E-state index is -0.275. The molecule has 0 aliphatic heterocycles. The van der Waals surface area contributed by atoms with E-state index < -0.39 is 0 Å². The van der Waals surface area contributed by atoms with Crippen molar-refractivity contribution in [3.05, 3.63) is 185 Å². The summed E-state index contributed by atoms with van der Waals surface area (Å²) in [5.41, 5.74) is 10.0. The van der Waals surface area contributed by atoms with E-state index in [0.29, 0.717) is 75.6 Å². The number of nitrogens with one attached hydrogen (secondary N) is 4. The number of aryl methyl sites for hydroxylation is 2. The van der Waals surface area contributed by atoms with Crippen LogP contribution in [-0.2, 0) is 15.8 Å². The molecule has 5 aromatic carbocycles. The first-order valence-electron chi connectivity index (χ1n) is 26.7. The largest absolute Gasteiger partial charge is 0.507 e. The number of carbonyl (C=O) groups is 3. The molecule has 7 N–H and O–H groups in total. The molecule has 3 amide bonds. The van der Waals surface area contributed by atoms with Crippen molar-refractivity contribution in [3.63, 3.8) is 0 Å². The normalized spacial score (nSPS) is 9.52. The molecule has 0 spiro atoms. The van der Waals surface area contributed by atoms with Gasteiger partial charge in [0.25, 0.3) is 17.7 Å². The third-order valence-electron chi connectivity index (χ3n) is 10.3. The second kappa shape index (κ2) is 45.8. The molecule has 3 heterocycles. The smallest absolute Gasteiger partial charge is 0.254 e. The van der Waals surface area contributed by atoms with Gasteiger partial charge in [0.15, 0.2) is 23.0 Å². The van der Waals surface area contributed by atoms with Crippen molar-refractivity contribution in [1.29, 1.82) is 0 Å². The number of benzene rings is 5. The maximum Gasteiger partial charge on any atom is 0.254 e. The van der Waals surface area contributed by atoms with Gasteiger partial charge in [-0.2, -0.15) is 37.7 Å². The van der Waals surface area contributed by atoms with Crippen LogP contribution in [0.1, 0.15) is 76.8 Å². The van der Waals surface area contributed by atoms with Crippen molar-refractivity contribution in [2.75, 3.05) is 67.2 Å². The second-order valence-corrected chi connectivity index (χ2v) is 21.1. The molecule has 8 aromatic rings. The standard InChI is InChI=1S/C21H21BrN4O4.C12H9BrClN3O2.C9H13NO2.C8H9NO2.C4HBrCl2N2.2C3H7.C2H5N.Cu/c1-12-9-13(10-17(28-3)18(12)29-4)25-21-24-11-15(22)20(26-21)30-16-8-6-5-7-14(16)19(27)23-2;1-15-10(18)7-4-2-3-5-9(7)19-11-8(13)6-16-12(14)17-11;1-6-4-7(10)5-8(11-2)9(6)12-3;1-9-8(11)6-4-2-3-5-7(6)10;5-2-1-8-4(7)9-3(2)6;2*1-3-2;1-2-3;/h5-11H,1-4H3,(H,23,27)(H,24,25,26);2-6H,1H3,(H,15,18);4-5H,10H2,1-3H3;2-5,10H,1H3,(H,9,11);1H;2*3H,1-2H3;2H2,1H3;/q;;;;;2*-1;;. The van der Waals surface area contributed by atoms with Crippen LogP contribution in [0.15, 0.2) is 133 Å². The molecule has 0 aliphatic rings. The van der Waals surface area contributed by atoms with Crippen LogP contribution in [0.5, 0.6) is 52.0 Å². The summed E-state index contributed by atoms with van der Waals surface area (Å²) in [7, 11) is 11.0. The predicted octanol–water partition coefficient (Wildman–Crippen LogP) is 15.6. The Balaban J connectivity index is 0.000000583. The van der Waals surface area contributed by atoms with E-state index in [2.05, 4.69) is 119 Å². The number of nitrogens with two attached hydrogens (primary N) is 1. The summed E-state index contributed by atoms with van der Waals surface area (Å²) < 4.78 is 37.5. The number of halogens is 6. The number of anilines is 3. The first-order valence-corrected chi connectivity index (χ1v) is 30.6. The maximum absolute atomic E-state index is 12.1. The summed E-state index contributed by atoms with van der Waals surface area (Å²) in [5, 5.41) is 20.4. The zero-order chi connectivity index (χ0) is 68.6. The van der Waals surface area contributed by atoms with Crippen molar-refractivity contribution in [1.82, 2.24) is 45.9 Å². The van der Waals surface area contributed by atoms with Gasteiger partial charge in [-0.1, -0.05) is 48.0 Å². The molecule has 495 valence electrons. The fraction of sp³-hybridized carbons (Fsp3) is 0.242. The third-order valence-corrected chi connectivity index (χ3v) is 13.1. The number of nitrogen functional groups attached to an aromatic ring is 1. The number of aromatic nitrogens is 6. The first kappa shape index (κ1) is 81.6. The van der Waals surface area contributed by atoms with E-state index in [1.54, 1.807) is 128 Å². The molecule has 22 nitrogen and oxygen atoms in total. The number of rotatable bonds is 14. The average Bonchev–Trinajstić information content (AvgIpc) is 1.27. The van der Waals surface area contributed by atoms with Crippen LogP contribution in [-0.4, -0.2) is 109 Å². The van der Waals surface area contributed by atoms with Gasteiger partial charge in [-0.3, -0.25) is 14.4 Å². The number of carbonyl (C=O) groups excluding carboxylic acids is 3. The molecule has 0 unspecified atom stereocenters. The quantitative estimate of drug-likeness (QED) is 0.0194. The molecular weight excluding hydrogens is 1480 g/mol. The Labute approximate surface area is 579 Å². The molecule has 0 atom stereocenters. The van der Waals surface area contributed by atoms with Gasteiger partial charge >= 0.3 is 33.2 Å². The molecule has 91 heavy (non-hydrogen) atoms. The van der Waals surface area contributed by atoms with Crippen LogP contribution in [0.4, 0.5) is 17.3 Å². The third kappa shape index (κ3) is 29.2. The summed E-state index contributed by atoms with van der Waals surface area (Å²) in [5.74, 6) is 3.50. The van der Waals surface area contributed by atoms with E-state index in [9.17, 15) is 14.4 Å². The van der Waals surface area contributed by atoms with Gasteiger partial charge < -0.3 is 73.4 Å². The Bertz CT molecular complexity index is 3570. The number of amides is 3. The van der Waals surface area contributed by atoms with Gasteiger partial charge in [0.2, 0.25) is 28.3 Å². The first-order chi connectivity index (χ1) is 43.5. The van der Waals surface area contributed by atoms with Gasteiger partial charge in [-0.05, 0) is 144 Å². The molecule has 0 saturated carbocycles. The zero-order valence-corrected chi connectivity index (χ0v) is 60.2. The number of hydrogen-bond acceptors (Lipinski definition) is 19. The van der Waals surface area contributed by atoms with Gasteiger partial charge in [0, 0.05) is 57.0 Å². The number of nitrogens with zero attached hydrogens (tertiary/aromatic N) is 7. The summed E-state index contributed by atoms with van der Waals surface area (Å²) >= 11 is 30.7. The van der Waals surface area contributed by atoms with Crippen molar-refractivity contribution >= 4 is 118 Å². The molecule has 3 aromatic heterocycles. The molecule has 0 bridgehead atoms. The Kier molecular flexibility index (Phi) is 41.0. The second-order valence-electron chi connectivity index (χ2n) is 17.2. The van der Waals surface area contributed by atoms with Crippen LogP contribution in [0.25, 0.3) is 0 Å². The van der Waals surface area contributed by atoms with Gasteiger partial charge in [0.05, 0.1) is 64.7 Å². The molecule has 0 fully saturated rings. The topological polar surface area (TPSA) is 291 Å². The van der Waals surface area contributed by atoms with E-state index >= 15 is 0 Å². The fourth-order valence-electron chi connectivity index (χ4n) is 6.51. The predicted molar refractivity (Wildman–Crippen MR) is 366 cm³/mol. The van der Waals surface area contributed by atoms with Crippen molar-refractivity contribution < 1.29 is 63.7 Å². The fourth-order valence-corrected chi connectivity index (χ4v) is 7.68. The molecular formula is C62H72Br3Cl3CuN12O10-2. The van der Waals surface area contributed by atoms with Crippen LogP contribution in [0.2, 0.25) is 15.7 Å². The molecule has 8 rings (SSSR count). The van der Waals surface area contributed by atoms with E-state index in [1.165, 1.54) is 25.5 Å². The van der Waals surface area contributed by atoms with Crippen molar-refractivity contribution in [2.24, 2.45) is 3.96 Å². The van der Waals surface area contributed by atoms with E-state index in [0.717, 1.165) is 29.1 Å². The Morgan fingerprint density at radius 2 is 0.978 bits per heavy atom. The maximum atomic E-state index is 12.1. The van der Waals surface area contributed by atoms with E-state index in [1.807, 2.05) is 73.4 Å². The zero-order valence-electron chi connectivity index (χ0n) is 52.2. The molecule has 0 saturated heterocycles. The molecule has 0 aliphatic carbocycles. The number of phenols is 1. The minimum Gasteiger partial charge on any atom is -0.507 e. The summed E-state index contributed by atoms with van der Waals surface area (Å²) in [6, 6.07) is 27.4. The van der Waals surface area contributed by atoms with Crippen LogP contribution in [0.3, 0.4) is 0 Å². The van der Waals surface area contributed by atoms with E-state index in [-0.39, 0.29) is 45.8 Å². The van der Waals surface area contributed by atoms with E-state index in [4.69, 9.17) is 74.1 Å². The number of hydrogen-bond donors (Lipinski definition) is 6. The average molecular weight is 1550 g/mol. The number of phenolic OH excluding ortho intramolecular Hbond substituents is 1. The van der Waals surface area contributed by atoms with Gasteiger partial charge in [0.1, 0.15) is 22.4 Å². The molecule has 29 heteroatoms. The monoisotopic (exact) mass is 1550 g/mol. The Morgan fingerprint density at radius 1 is 0.582 bits per heavy atom. The minimum absolute atomic E-state index is 0.00634. The summed E-state index contributed by atoms with van der Waals surface area (Å²) in [4.78, 5) is 58.5. The number of para-hydroxylation sites is 3. The van der Waals surface area contributed by atoms with Crippen LogP contribution >= 0.6 is 82.6 Å². The Hall–Kier alpha value is -7.42. The summed E-state index contributed by atoms with van der Waals surface area (Å²) in [6.07, 6.45) is 8.55. The Morgan fingerprint density at radius 3 is 1.41 bits per heavy atom. The number of aromatic hydroxyl groups is 1. The van der Waals surface area contributed by atoms with Crippen molar-refractivity contribution in [3.8, 4) is 52.0 Å². The van der Waals surface area contributed by atoms with Gasteiger partial charge in [-0.25, -0.2) is 19.9 Å². The SMILES string of the molecule is CC[N]=[Cu].CNC(=O)c1ccccc1O.CNC(=O)c1ccccc1Oc1nc(Cl)ncc1Br.CNC(=O)c1ccccc1Oc1nc(Nc2cc(C)c(OC)c(OC)c2)ncc1Br.COc1cc(N)cc(C)c1OC.C[CH-]C.C[CH-]C.Clc1ncc(Br)c(Cl)n1. The summed E-state index contributed by atoms with van der Waals surface area (Å²) in [6.45, 7) is 14.5. The number of methoxy groups -OCH3 is 4. The molecule has 0 radical (unpaired) electrons. The van der Waals surface area contributed by atoms with Gasteiger partial charge in [-0.15, -0.1) is 0 Å². The van der Waals surface area contributed by atoms with Crippen LogP contribution < -0.4 is 55.4 Å². The number of ether oxygens (including phenoxy) is 6.